The van der Waals surface area contributed by atoms with Crippen LogP contribution < -0.4 is 4.74 Å². The van der Waals surface area contributed by atoms with E-state index in [0.29, 0.717) is 5.75 Å². The highest BCUT2D eigenvalue weighted by Gasteiger charge is 2.04. The van der Waals surface area contributed by atoms with Crippen LogP contribution in [-0.4, -0.2) is 12.4 Å². The quantitative estimate of drug-likeness (QED) is 0.601. The van der Waals surface area contributed by atoms with Crippen LogP contribution in [0.4, 0.5) is 8.78 Å². The second-order valence-electron chi connectivity index (χ2n) is 2.77. The van der Waals surface area contributed by atoms with Crippen LogP contribution in [0, 0.1) is 11.6 Å². The summed E-state index contributed by atoms with van der Waals surface area (Å²) in [4.78, 5) is 0. The number of hydrogen-bond acceptors (Lipinski definition) is 2. The molecule has 0 aromatic heterocycles. The molecule has 1 nitrogen and oxygen atoms in total. The number of thiol groups is 1. The third-order valence-electron chi connectivity index (χ3n) is 1.55. The van der Waals surface area contributed by atoms with Crippen molar-refractivity contribution in [2.45, 2.75) is 0 Å². The zero-order valence-electron chi connectivity index (χ0n) is 7.46. The van der Waals surface area contributed by atoms with E-state index >= 15 is 0 Å². The highest BCUT2D eigenvalue weighted by Crippen LogP contribution is 2.18. The van der Waals surface area contributed by atoms with E-state index in [1.165, 1.54) is 6.07 Å². The molecule has 0 fully saturated rings. The molecule has 0 aliphatic heterocycles. The van der Waals surface area contributed by atoms with E-state index in [9.17, 15) is 8.78 Å². The lowest BCUT2D eigenvalue weighted by atomic mass is 10.3. The second-order valence-corrected chi connectivity index (χ2v) is 3.09. The molecule has 0 unspecified atom stereocenters. The largest absolute Gasteiger partial charge is 0.486 e. The Kier molecular flexibility index (Phi) is 3.95. The Balaban J connectivity index is 2.63. The monoisotopic (exact) mass is 216 g/mol. The van der Waals surface area contributed by atoms with Gasteiger partial charge in [-0.15, -0.1) is 0 Å². The van der Waals surface area contributed by atoms with Gasteiger partial charge in [-0.05, 0) is 17.7 Å². The Labute approximate surface area is 86.8 Å². The summed E-state index contributed by atoms with van der Waals surface area (Å²) in [7, 11) is 0. The van der Waals surface area contributed by atoms with Gasteiger partial charge >= 0.3 is 0 Å². The van der Waals surface area contributed by atoms with E-state index in [0.717, 1.165) is 17.7 Å². The first kappa shape index (κ1) is 11.0. The molecule has 0 N–H and O–H groups in total. The molecule has 1 rings (SSSR count). The van der Waals surface area contributed by atoms with Crippen molar-refractivity contribution in [3.8, 4) is 5.75 Å². The van der Waals surface area contributed by atoms with Crippen molar-refractivity contribution in [3.05, 3.63) is 42.0 Å². The van der Waals surface area contributed by atoms with Crippen molar-refractivity contribution < 1.29 is 13.5 Å². The van der Waals surface area contributed by atoms with Crippen molar-refractivity contribution in [2.75, 3.05) is 12.4 Å². The first-order chi connectivity index (χ1) is 6.63. The minimum Gasteiger partial charge on any atom is -0.486 e. The summed E-state index contributed by atoms with van der Waals surface area (Å²) >= 11 is 3.97. The van der Waals surface area contributed by atoms with Crippen LogP contribution >= 0.6 is 12.6 Å². The van der Waals surface area contributed by atoms with Crippen molar-refractivity contribution in [1.29, 1.82) is 0 Å². The van der Waals surface area contributed by atoms with Crippen LogP contribution in [0.5, 0.6) is 5.75 Å². The zero-order chi connectivity index (χ0) is 10.6. The van der Waals surface area contributed by atoms with Crippen molar-refractivity contribution in [3.63, 3.8) is 0 Å². The first-order valence-electron chi connectivity index (χ1n) is 3.99. The molecule has 14 heavy (non-hydrogen) atoms. The Bertz CT molecular complexity index is 339. The molecule has 4 heteroatoms. The fourth-order valence-electron chi connectivity index (χ4n) is 0.818. The summed E-state index contributed by atoms with van der Waals surface area (Å²) in [5, 5.41) is 0. The minimum absolute atomic E-state index is 0.0225. The lowest BCUT2D eigenvalue weighted by Crippen LogP contribution is -2.02. The fraction of sp³-hybridized carbons (Fsp3) is 0.200. The summed E-state index contributed by atoms with van der Waals surface area (Å²) in [6.07, 6.45) is 0. The molecule has 1 aromatic carbocycles. The molecule has 0 aliphatic carbocycles. The average Bonchev–Trinajstić information content (AvgIpc) is 2.16. The minimum atomic E-state index is -0.711. The predicted molar refractivity (Wildman–Crippen MR) is 54.8 cm³/mol. The maximum absolute atomic E-state index is 13.0. The van der Waals surface area contributed by atoms with Gasteiger partial charge in [0.15, 0.2) is 11.6 Å². The van der Waals surface area contributed by atoms with Gasteiger partial charge < -0.3 is 4.74 Å². The molecular formula is C10H10F2OS. The molecular weight excluding hydrogens is 206 g/mol. The van der Waals surface area contributed by atoms with Crippen molar-refractivity contribution in [1.82, 2.24) is 0 Å². The van der Waals surface area contributed by atoms with E-state index in [2.05, 4.69) is 19.2 Å². The Morgan fingerprint density at radius 1 is 1.43 bits per heavy atom. The second kappa shape index (κ2) is 5.00. The molecule has 0 aliphatic rings. The van der Waals surface area contributed by atoms with Gasteiger partial charge in [0.1, 0.15) is 12.4 Å². The summed E-state index contributed by atoms with van der Waals surface area (Å²) in [5.41, 5.74) is 0.733. The van der Waals surface area contributed by atoms with Crippen molar-refractivity contribution >= 4 is 12.6 Å². The molecule has 0 atom stereocenters. The first-order valence-corrected chi connectivity index (χ1v) is 4.62. The van der Waals surface area contributed by atoms with Crippen LogP contribution in [0.25, 0.3) is 0 Å². The highest BCUT2D eigenvalue weighted by atomic mass is 32.1. The molecule has 0 radical (unpaired) electrons. The number of benzene rings is 1. The molecule has 0 spiro atoms. The third-order valence-corrected chi connectivity index (χ3v) is 2.00. The van der Waals surface area contributed by atoms with E-state index in [4.69, 9.17) is 4.74 Å². The van der Waals surface area contributed by atoms with Gasteiger partial charge in [0.2, 0.25) is 0 Å². The fourth-order valence-corrected chi connectivity index (χ4v) is 0.909. The Morgan fingerprint density at radius 2 is 2.14 bits per heavy atom. The molecule has 76 valence electrons. The van der Waals surface area contributed by atoms with Gasteiger partial charge in [-0.2, -0.15) is 12.6 Å². The lowest BCUT2D eigenvalue weighted by Gasteiger charge is -2.07. The van der Waals surface area contributed by atoms with Gasteiger partial charge in [-0.1, -0.05) is 6.58 Å². The maximum Gasteiger partial charge on any atom is 0.167 e. The molecule has 0 bridgehead atoms. The predicted octanol–water partition coefficient (Wildman–Crippen LogP) is 2.83. The Hall–Kier alpha value is -1.03. The SMILES string of the molecule is C=C(CS)COc1ccc(F)cc1F. The summed E-state index contributed by atoms with van der Waals surface area (Å²) in [6.45, 7) is 3.82. The third kappa shape index (κ3) is 3.03. The molecule has 0 saturated heterocycles. The van der Waals surface area contributed by atoms with Gasteiger partial charge in [-0.3, -0.25) is 0 Å². The topological polar surface area (TPSA) is 9.23 Å². The number of ether oxygens (including phenoxy) is 1. The maximum atomic E-state index is 13.0. The van der Waals surface area contributed by atoms with Crippen LogP contribution in [-0.2, 0) is 0 Å². The molecule has 1 aromatic rings. The van der Waals surface area contributed by atoms with Crippen LogP contribution in [0.1, 0.15) is 0 Å². The van der Waals surface area contributed by atoms with Crippen LogP contribution in [0.15, 0.2) is 30.4 Å². The standard InChI is InChI=1S/C10H10F2OS/c1-7(6-14)5-13-10-3-2-8(11)4-9(10)12/h2-4,14H,1,5-6H2. The van der Waals surface area contributed by atoms with Gasteiger partial charge in [-0.25, -0.2) is 8.78 Å². The summed E-state index contributed by atoms with van der Waals surface area (Å²) < 4.78 is 30.5. The summed E-state index contributed by atoms with van der Waals surface area (Å²) in [5.74, 6) is -0.836. The Morgan fingerprint density at radius 3 is 2.71 bits per heavy atom. The van der Waals surface area contributed by atoms with Gasteiger partial charge in [0.05, 0.1) is 0 Å². The van der Waals surface area contributed by atoms with Gasteiger partial charge in [0.25, 0.3) is 0 Å². The van der Waals surface area contributed by atoms with Gasteiger partial charge in [0, 0.05) is 11.8 Å². The molecule has 0 saturated carbocycles. The summed E-state index contributed by atoms with van der Waals surface area (Å²) in [6, 6.07) is 3.16. The van der Waals surface area contributed by atoms with E-state index in [1.54, 1.807) is 0 Å². The van der Waals surface area contributed by atoms with Crippen LogP contribution in [0.3, 0.4) is 0 Å². The van der Waals surface area contributed by atoms with Crippen LogP contribution in [0.2, 0.25) is 0 Å². The lowest BCUT2D eigenvalue weighted by molar-refractivity contribution is 0.332. The highest BCUT2D eigenvalue weighted by molar-refractivity contribution is 7.80. The van der Waals surface area contributed by atoms with E-state index in [-0.39, 0.29) is 12.4 Å². The average molecular weight is 216 g/mol. The molecule has 0 amide bonds. The zero-order valence-corrected chi connectivity index (χ0v) is 8.36. The van der Waals surface area contributed by atoms with Crippen molar-refractivity contribution in [2.24, 2.45) is 0 Å². The van der Waals surface area contributed by atoms with E-state index < -0.39 is 11.6 Å². The number of hydrogen-bond donors (Lipinski definition) is 1. The number of halogens is 2. The molecule has 0 heterocycles. The van der Waals surface area contributed by atoms with E-state index in [1.807, 2.05) is 0 Å². The number of rotatable bonds is 4. The normalized spacial score (nSPS) is 9.93. The smallest absolute Gasteiger partial charge is 0.167 e.